The zero-order valence-corrected chi connectivity index (χ0v) is 13.6. The molecule has 0 radical (unpaired) electrons. The molecule has 4 nitrogen and oxygen atoms in total. The molecule has 0 heterocycles. The van der Waals surface area contributed by atoms with Crippen LogP contribution in [0.1, 0.15) is 44.4 Å². The maximum atomic E-state index is 11.8. The Hall–Kier alpha value is -1.07. The van der Waals surface area contributed by atoms with E-state index in [4.69, 9.17) is 4.74 Å². The predicted octanol–water partition coefficient (Wildman–Crippen LogP) is 2.69. The predicted molar refractivity (Wildman–Crippen MR) is 82.9 cm³/mol. The van der Waals surface area contributed by atoms with Crippen molar-refractivity contribution < 1.29 is 13.2 Å². The first-order valence-corrected chi connectivity index (χ1v) is 8.86. The van der Waals surface area contributed by atoms with Crippen LogP contribution in [0.15, 0.2) is 18.2 Å². The summed E-state index contributed by atoms with van der Waals surface area (Å²) in [6, 6.07) is 5.96. The van der Waals surface area contributed by atoms with Crippen molar-refractivity contribution in [3.63, 3.8) is 0 Å². The summed E-state index contributed by atoms with van der Waals surface area (Å²) in [5, 5.41) is 3.40. The molecule has 1 N–H and O–H groups in total. The third-order valence-corrected chi connectivity index (χ3v) is 4.95. The number of methoxy groups -OCH3 is 1. The van der Waals surface area contributed by atoms with Crippen molar-refractivity contribution in [2.24, 2.45) is 0 Å². The number of rotatable bonds is 8. The molecule has 0 saturated heterocycles. The monoisotopic (exact) mass is 299 g/mol. The fraction of sp³-hybridized carbons (Fsp3) is 0.600. The molecule has 0 aliphatic carbocycles. The number of benzene rings is 1. The molecule has 0 saturated carbocycles. The Balaban J connectivity index is 3.02. The lowest BCUT2D eigenvalue weighted by Gasteiger charge is -2.16. The third kappa shape index (κ3) is 4.80. The second-order valence-corrected chi connectivity index (χ2v) is 7.28. The van der Waals surface area contributed by atoms with Gasteiger partial charge in [-0.3, -0.25) is 0 Å². The zero-order valence-electron chi connectivity index (χ0n) is 12.8. The van der Waals surface area contributed by atoms with Gasteiger partial charge in [-0.2, -0.15) is 0 Å². The molecule has 0 aromatic heterocycles. The number of nitrogens with one attached hydrogen (secondary N) is 1. The average Bonchev–Trinajstić information content (AvgIpc) is 2.44. The van der Waals surface area contributed by atoms with Gasteiger partial charge in [0.25, 0.3) is 0 Å². The van der Waals surface area contributed by atoms with E-state index >= 15 is 0 Å². The third-order valence-electron chi connectivity index (χ3n) is 3.32. The van der Waals surface area contributed by atoms with E-state index < -0.39 is 9.84 Å². The normalized spacial score (nSPS) is 13.2. The van der Waals surface area contributed by atoms with Crippen molar-refractivity contribution in [2.75, 3.05) is 19.4 Å². The first-order chi connectivity index (χ1) is 9.43. The fourth-order valence-electron chi connectivity index (χ4n) is 2.00. The van der Waals surface area contributed by atoms with Gasteiger partial charge in [0.2, 0.25) is 0 Å². The van der Waals surface area contributed by atoms with Crippen molar-refractivity contribution in [1.82, 2.24) is 5.32 Å². The largest absolute Gasteiger partial charge is 0.496 e. The molecule has 1 aromatic carbocycles. The first-order valence-electron chi connectivity index (χ1n) is 7.04. The smallest absolute Gasteiger partial charge is 0.154 e. The fourth-order valence-corrected chi connectivity index (χ4v) is 2.90. The molecular formula is C15H25NO3S. The Morgan fingerprint density at radius 2 is 2.00 bits per heavy atom. The minimum atomic E-state index is -3.06. The Kier molecular flexibility index (Phi) is 6.49. The molecule has 1 aromatic rings. The van der Waals surface area contributed by atoms with Gasteiger partial charge in [0.05, 0.1) is 12.9 Å². The standard InChI is InChI=1S/C15H25NO3S/c1-5-9-16-12(3)13-7-8-15(19-4)14(10-13)11-20(17,18)6-2/h7-8,10,12,16H,5-6,9,11H2,1-4H3. The highest BCUT2D eigenvalue weighted by Gasteiger charge is 2.15. The number of hydrogen-bond donors (Lipinski definition) is 1. The second-order valence-electron chi connectivity index (χ2n) is 4.92. The van der Waals surface area contributed by atoms with E-state index in [9.17, 15) is 8.42 Å². The van der Waals surface area contributed by atoms with Gasteiger partial charge in [-0.15, -0.1) is 0 Å². The van der Waals surface area contributed by atoms with Gasteiger partial charge in [0, 0.05) is 17.4 Å². The molecule has 0 spiro atoms. The summed E-state index contributed by atoms with van der Waals surface area (Å²) in [7, 11) is -1.50. The van der Waals surface area contributed by atoms with Crippen LogP contribution in [-0.4, -0.2) is 27.8 Å². The van der Waals surface area contributed by atoms with Crippen molar-refractivity contribution in [2.45, 2.75) is 39.0 Å². The molecule has 0 aliphatic heterocycles. The summed E-state index contributed by atoms with van der Waals surface area (Å²) in [5.74, 6) is 0.804. The molecule has 5 heteroatoms. The number of ether oxygens (including phenoxy) is 1. The van der Waals surface area contributed by atoms with Crippen LogP contribution in [-0.2, 0) is 15.6 Å². The summed E-state index contributed by atoms with van der Waals surface area (Å²) in [4.78, 5) is 0. The molecule has 0 fully saturated rings. The van der Waals surface area contributed by atoms with Gasteiger partial charge in [-0.25, -0.2) is 8.42 Å². The van der Waals surface area contributed by atoms with E-state index in [1.807, 2.05) is 18.2 Å². The van der Waals surface area contributed by atoms with Gasteiger partial charge >= 0.3 is 0 Å². The van der Waals surface area contributed by atoms with Gasteiger partial charge in [-0.1, -0.05) is 19.9 Å². The van der Waals surface area contributed by atoms with Crippen LogP contribution in [0.3, 0.4) is 0 Å². The maximum Gasteiger partial charge on any atom is 0.154 e. The van der Waals surface area contributed by atoms with Gasteiger partial charge in [0.1, 0.15) is 5.75 Å². The lowest BCUT2D eigenvalue weighted by Crippen LogP contribution is -2.19. The first kappa shape index (κ1) is 17.0. The number of sulfone groups is 1. The Morgan fingerprint density at radius 1 is 1.30 bits per heavy atom. The molecular weight excluding hydrogens is 274 g/mol. The lowest BCUT2D eigenvalue weighted by molar-refractivity contribution is 0.410. The van der Waals surface area contributed by atoms with Crippen LogP contribution >= 0.6 is 0 Å². The molecule has 1 rings (SSSR count). The van der Waals surface area contributed by atoms with E-state index in [2.05, 4.69) is 19.2 Å². The molecule has 0 aliphatic rings. The topological polar surface area (TPSA) is 55.4 Å². The maximum absolute atomic E-state index is 11.8. The quantitative estimate of drug-likeness (QED) is 0.802. The van der Waals surface area contributed by atoms with Gasteiger partial charge in [0.15, 0.2) is 9.84 Å². The average molecular weight is 299 g/mol. The Morgan fingerprint density at radius 3 is 2.55 bits per heavy atom. The van der Waals surface area contributed by atoms with Crippen molar-refractivity contribution >= 4 is 9.84 Å². The Bertz CT molecular complexity index is 526. The van der Waals surface area contributed by atoms with Crippen LogP contribution < -0.4 is 10.1 Å². The van der Waals surface area contributed by atoms with Crippen LogP contribution in [0.4, 0.5) is 0 Å². The summed E-state index contributed by atoms with van der Waals surface area (Å²) < 4.78 is 28.9. The highest BCUT2D eigenvalue weighted by Crippen LogP contribution is 2.25. The summed E-state index contributed by atoms with van der Waals surface area (Å²) in [6.07, 6.45) is 1.07. The minimum Gasteiger partial charge on any atom is -0.496 e. The Labute approximate surface area is 122 Å². The van der Waals surface area contributed by atoms with Crippen LogP contribution in [0.25, 0.3) is 0 Å². The molecule has 1 unspecified atom stereocenters. The summed E-state index contributed by atoms with van der Waals surface area (Å²) in [6.45, 7) is 6.80. The van der Waals surface area contributed by atoms with Crippen molar-refractivity contribution in [3.05, 3.63) is 29.3 Å². The van der Waals surface area contributed by atoms with Crippen LogP contribution in [0.2, 0.25) is 0 Å². The molecule has 1 atom stereocenters. The highest BCUT2D eigenvalue weighted by molar-refractivity contribution is 7.90. The summed E-state index contributed by atoms with van der Waals surface area (Å²) >= 11 is 0. The van der Waals surface area contributed by atoms with Crippen molar-refractivity contribution in [3.8, 4) is 5.75 Å². The molecule has 114 valence electrons. The van der Waals surface area contributed by atoms with E-state index in [1.165, 1.54) is 0 Å². The lowest BCUT2D eigenvalue weighted by atomic mass is 10.0. The van der Waals surface area contributed by atoms with Crippen molar-refractivity contribution in [1.29, 1.82) is 0 Å². The van der Waals surface area contributed by atoms with E-state index in [0.717, 1.165) is 24.1 Å². The molecule has 0 amide bonds. The summed E-state index contributed by atoms with van der Waals surface area (Å²) in [5.41, 5.74) is 1.82. The molecule has 0 bridgehead atoms. The minimum absolute atomic E-state index is 0.0288. The highest BCUT2D eigenvalue weighted by atomic mass is 32.2. The number of hydrogen-bond acceptors (Lipinski definition) is 4. The SMILES string of the molecule is CCCNC(C)c1ccc(OC)c(CS(=O)(=O)CC)c1. The zero-order chi connectivity index (χ0) is 15.2. The molecule has 20 heavy (non-hydrogen) atoms. The van der Waals surface area contributed by atoms with Crippen LogP contribution in [0.5, 0.6) is 5.75 Å². The van der Waals surface area contributed by atoms with Gasteiger partial charge < -0.3 is 10.1 Å². The van der Waals surface area contributed by atoms with Crippen LogP contribution in [0, 0.1) is 0 Å². The second kappa shape index (κ2) is 7.64. The van der Waals surface area contributed by atoms with E-state index in [0.29, 0.717) is 5.75 Å². The van der Waals surface area contributed by atoms with Gasteiger partial charge in [-0.05, 0) is 37.6 Å². The van der Waals surface area contributed by atoms with E-state index in [-0.39, 0.29) is 17.5 Å². The van der Waals surface area contributed by atoms with E-state index in [1.54, 1.807) is 14.0 Å².